The average molecular weight is 237 g/mol. The first kappa shape index (κ1) is 11.8. The van der Waals surface area contributed by atoms with Gasteiger partial charge in [-0.1, -0.05) is 36.4 Å². The summed E-state index contributed by atoms with van der Waals surface area (Å²) in [7, 11) is 0. The second kappa shape index (κ2) is 5.60. The smallest absolute Gasteiger partial charge is 0.254 e. The van der Waals surface area contributed by atoms with E-state index in [1.54, 1.807) is 12.3 Å². The summed E-state index contributed by atoms with van der Waals surface area (Å²) in [6.07, 6.45) is 1.37. The van der Waals surface area contributed by atoms with Crippen molar-refractivity contribution in [1.82, 2.24) is 5.43 Å². The van der Waals surface area contributed by atoms with Gasteiger partial charge in [0.2, 0.25) is 0 Å². The normalized spacial score (nSPS) is 10.4. The van der Waals surface area contributed by atoms with Gasteiger partial charge in [0.25, 0.3) is 5.91 Å². The molecule has 1 amide bonds. The quantitative estimate of drug-likeness (QED) is 0.657. The van der Waals surface area contributed by atoms with Crippen molar-refractivity contribution >= 4 is 22.9 Å². The molecule has 0 atom stereocenters. The molecule has 0 aliphatic rings. The van der Waals surface area contributed by atoms with E-state index in [1.165, 1.54) is 0 Å². The standard InChI is InChI=1S/C14H11N3O/c15-8-7-14(18)17-16-10-11-5-6-12-3-1-2-4-13(12)9-11/h1-6,9-10H,7H2,(H,17,18)/b16-10-. The maximum atomic E-state index is 11.0. The van der Waals surface area contributed by atoms with Gasteiger partial charge in [0.05, 0.1) is 12.3 Å². The molecule has 0 spiro atoms. The minimum Gasteiger partial charge on any atom is -0.272 e. The van der Waals surface area contributed by atoms with E-state index in [1.807, 2.05) is 42.5 Å². The molecule has 88 valence electrons. The predicted octanol–water partition coefficient (Wildman–Crippen LogP) is 2.20. The molecule has 2 aromatic rings. The third kappa shape index (κ3) is 2.92. The fourth-order valence-electron chi connectivity index (χ4n) is 1.58. The zero-order valence-electron chi connectivity index (χ0n) is 9.63. The lowest BCUT2D eigenvalue weighted by Gasteiger charge is -1.99. The molecule has 4 nitrogen and oxygen atoms in total. The van der Waals surface area contributed by atoms with Gasteiger partial charge in [-0.05, 0) is 22.4 Å². The summed E-state index contributed by atoms with van der Waals surface area (Å²) in [5.41, 5.74) is 3.18. The van der Waals surface area contributed by atoms with Crippen molar-refractivity contribution in [2.24, 2.45) is 5.10 Å². The number of hydrogen-bond donors (Lipinski definition) is 1. The van der Waals surface area contributed by atoms with Gasteiger partial charge in [-0.15, -0.1) is 0 Å². The first-order valence-electron chi connectivity index (χ1n) is 5.47. The minimum absolute atomic E-state index is 0.185. The van der Waals surface area contributed by atoms with E-state index in [0.717, 1.165) is 16.3 Å². The number of carbonyl (C=O) groups excluding carboxylic acids is 1. The molecule has 0 unspecified atom stereocenters. The lowest BCUT2D eigenvalue weighted by molar-refractivity contribution is -0.120. The Morgan fingerprint density at radius 3 is 2.83 bits per heavy atom. The van der Waals surface area contributed by atoms with Gasteiger partial charge in [-0.2, -0.15) is 10.4 Å². The van der Waals surface area contributed by atoms with E-state index in [9.17, 15) is 4.79 Å². The monoisotopic (exact) mass is 237 g/mol. The number of hydrogen-bond acceptors (Lipinski definition) is 3. The average Bonchev–Trinajstić information content (AvgIpc) is 2.39. The number of nitrogens with zero attached hydrogens (tertiary/aromatic N) is 2. The SMILES string of the molecule is N#CCC(=O)N/N=C\c1ccc2ccccc2c1. The van der Waals surface area contributed by atoms with Gasteiger partial charge in [-0.25, -0.2) is 5.43 Å². The van der Waals surface area contributed by atoms with Gasteiger partial charge in [0.1, 0.15) is 6.42 Å². The van der Waals surface area contributed by atoms with Crippen molar-refractivity contribution in [3.05, 3.63) is 48.0 Å². The summed E-state index contributed by atoms with van der Waals surface area (Å²) in [5, 5.41) is 14.4. The number of nitriles is 1. The van der Waals surface area contributed by atoms with Crippen LogP contribution in [0.3, 0.4) is 0 Å². The van der Waals surface area contributed by atoms with Crippen LogP contribution in [-0.2, 0) is 4.79 Å². The second-order valence-electron chi connectivity index (χ2n) is 3.73. The zero-order valence-corrected chi connectivity index (χ0v) is 9.63. The molecule has 0 heterocycles. The van der Waals surface area contributed by atoms with E-state index < -0.39 is 5.91 Å². The van der Waals surface area contributed by atoms with Gasteiger partial charge < -0.3 is 0 Å². The van der Waals surface area contributed by atoms with E-state index in [0.29, 0.717) is 0 Å². The molecule has 0 fully saturated rings. The Balaban J connectivity index is 2.10. The molecule has 0 aliphatic heterocycles. The number of carbonyl (C=O) groups is 1. The summed E-state index contributed by atoms with van der Waals surface area (Å²) < 4.78 is 0. The van der Waals surface area contributed by atoms with Crippen molar-refractivity contribution < 1.29 is 4.79 Å². The van der Waals surface area contributed by atoms with Gasteiger partial charge >= 0.3 is 0 Å². The molecule has 0 saturated carbocycles. The van der Waals surface area contributed by atoms with Crippen LogP contribution in [0.1, 0.15) is 12.0 Å². The molecule has 2 aromatic carbocycles. The van der Waals surface area contributed by atoms with E-state index in [2.05, 4.69) is 10.5 Å². The second-order valence-corrected chi connectivity index (χ2v) is 3.73. The Morgan fingerprint density at radius 1 is 1.28 bits per heavy atom. The highest BCUT2D eigenvalue weighted by molar-refractivity contribution is 5.90. The molecule has 4 heteroatoms. The van der Waals surface area contributed by atoms with Crippen LogP contribution < -0.4 is 5.43 Å². The molecule has 0 saturated heterocycles. The van der Waals surface area contributed by atoms with Crippen LogP contribution in [0.4, 0.5) is 0 Å². The number of nitrogens with one attached hydrogen (secondary N) is 1. The molecule has 0 bridgehead atoms. The fourth-order valence-corrected chi connectivity index (χ4v) is 1.58. The topological polar surface area (TPSA) is 65.2 Å². The third-order valence-electron chi connectivity index (χ3n) is 2.42. The minimum atomic E-state index is -0.408. The highest BCUT2D eigenvalue weighted by Gasteiger charge is 1.96. The van der Waals surface area contributed by atoms with Crippen LogP contribution in [0, 0.1) is 11.3 Å². The van der Waals surface area contributed by atoms with Crippen LogP contribution in [0.2, 0.25) is 0 Å². The predicted molar refractivity (Wildman–Crippen MR) is 69.9 cm³/mol. The third-order valence-corrected chi connectivity index (χ3v) is 2.42. The first-order chi connectivity index (χ1) is 8.79. The van der Waals surface area contributed by atoms with Crippen LogP contribution in [0.25, 0.3) is 10.8 Å². The van der Waals surface area contributed by atoms with E-state index in [4.69, 9.17) is 5.26 Å². The zero-order chi connectivity index (χ0) is 12.8. The van der Waals surface area contributed by atoms with Crippen LogP contribution in [0.5, 0.6) is 0 Å². The summed E-state index contributed by atoms with van der Waals surface area (Å²) in [6.45, 7) is 0. The molecule has 2 rings (SSSR count). The molecule has 0 aromatic heterocycles. The molecular formula is C14H11N3O. The Hall–Kier alpha value is -2.67. The van der Waals surface area contributed by atoms with Crippen molar-refractivity contribution in [3.63, 3.8) is 0 Å². The number of amides is 1. The van der Waals surface area contributed by atoms with E-state index in [-0.39, 0.29) is 6.42 Å². The van der Waals surface area contributed by atoms with Gasteiger partial charge in [-0.3, -0.25) is 4.79 Å². The number of fused-ring (bicyclic) bond motifs is 1. The molecule has 1 N–H and O–H groups in total. The van der Waals surface area contributed by atoms with Crippen molar-refractivity contribution in [2.75, 3.05) is 0 Å². The maximum Gasteiger partial charge on any atom is 0.254 e. The number of benzene rings is 2. The van der Waals surface area contributed by atoms with Gasteiger partial charge in [0, 0.05) is 0 Å². The van der Waals surface area contributed by atoms with Gasteiger partial charge in [0.15, 0.2) is 0 Å². The van der Waals surface area contributed by atoms with Crippen LogP contribution in [-0.4, -0.2) is 12.1 Å². The number of rotatable bonds is 3. The lowest BCUT2D eigenvalue weighted by Crippen LogP contribution is -2.16. The molecule has 18 heavy (non-hydrogen) atoms. The van der Waals surface area contributed by atoms with Crippen molar-refractivity contribution in [2.45, 2.75) is 6.42 Å². The van der Waals surface area contributed by atoms with Crippen LogP contribution >= 0.6 is 0 Å². The highest BCUT2D eigenvalue weighted by atomic mass is 16.2. The summed E-state index contributed by atoms with van der Waals surface area (Å²) in [4.78, 5) is 11.0. The number of hydrazone groups is 1. The molecule has 0 aliphatic carbocycles. The highest BCUT2D eigenvalue weighted by Crippen LogP contribution is 2.14. The Kier molecular flexibility index (Phi) is 3.67. The lowest BCUT2D eigenvalue weighted by atomic mass is 10.1. The molecule has 0 radical (unpaired) electrons. The Morgan fingerprint density at radius 2 is 2.06 bits per heavy atom. The Labute approximate surface area is 105 Å². The summed E-state index contributed by atoms with van der Waals surface area (Å²) in [6, 6.07) is 15.7. The fraction of sp³-hybridized carbons (Fsp3) is 0.0714. The van der Waals surface area contributed by atoms with Crippen molar-refractivity contribution in [3.8, 4) is 6.07 Å². The maximum absolute atomic E-state index is 11.0. The summed E-state index contributed by atoms with van der Waals surface area (Å²) in [5.74, 6) is -0.408. The first-order valence-corrected chi connectivity index (χ1v) is 5.47. The largest absolute Gasteiger partial charge is 0.272 e. The van der Waals surface area contributed by atoms with E-state index >= 15 is 0 Å². The van der Waals surface area contributed by atoms with Crippen molar-refractivity contribution in [1.29, 1.82) is 5.26 Å². The molecular weight excluding hydrogens is 226 g/mol. The Bertz CT molecular complexity index is 641. The van der Waals surface area contributed by atoms with Crippen LogP contribution in [0.15, 0.2) is 47.6 Å². The summed E-state index contributed by atoms with van der Waals surface area (Å²) >= 11 is 0.